The highest BCUT2D eigenvalue weighted by Crippen LogP contribution is 2.06. The maximum atomic E-state index is 10.5. The van der Waals surface area contributed by atoms with E-state index in [1.54, 1.807) is 12.2 Å². The fourth-order valence-electron chi connectivity index (χ4n) is 0.865. The molecule has 0 aliphatic heterocycles. The molecule has 0 aromatic rings. The number of primary amides is 2. The normalized spacial score (nSPS) is 11.6. The van der Waals surface area contributed by atoms with Crippen molar-refractivity contribution in [3.8, 4) is 0 Å². The summed E-state index contributed by atoms with van der Waals surface area (Å²) < 4.78 is 0. The monoisotopic (exact) mass is 194 g/mol. The lowest BCUT2D eigenvalue weighted by Crippen LogP contribution is -2.07. The SMILES string of the molecule is C=CC(=CC(N)=O)CCC=CC(N)=O. The average molecular weight is 194 g/mol. The molecule has 0 fully saturated rings. The lowest BCUT2D eigenvalue weighted by atomic mass is 10.1. The van der Waals surface area contributed by atoms with Gasteiger partial charge in [0.15, 0.2) is 0 Å². The van der Waals surface area contributed by atoms with Gasteiger partial charge in [-0.05, 0) is 24.5 Å². The average Bonchev–Trinajstić information content (AvgIpc) is 2.09. The largest absolute Gasteiger partial charge is 0.366 e. The van der Waals surface area contributed by atoms with Crippen molar-refractivity contribution in [1.82, 2.24) is 0 Å². The molecule has 0 heterocycles. The first-order valence-corrected chi connectivity index (χ1v) is 4.14. The number of nitrogens with two attached hydrogens (primary N) is 2. The van der Waals surface area contributed by atoms with E-state index in [0.29, 0.717) is 12.8 Å². The number of rotatable bonds is 6. The molecule has 0 rings (SSSR count). The molecule has 0 saturated carbocycles. The summed E-state index contributed by atoms with van der Waals surface area (Å²) in [5, 5.41) is 0. The molecule has 2 amide bonds. The van der Waals surface area contributed by atoms with Crippen LogP contribution < -0.4 is 11.5 Å². The second-order valence-corrected chi connectivity index (χ2v) is 2.67. The predicted molar refractivity (Wildman–Crippen MR) is 55.0 cm³/mol. The molecule has 0 radical (unpaired) electrons. The van der Waals surface area contributed by atoms with Gasteiger partial charge >= 0.3 is 0 Å². The van der Waals surface area contributed by atoms with Crippen LogP contribution in [0.2, 0.25) is 0 Å². The Bertz CT molecular complexity index is 290. The highest BCUT2D eigenvalue weighted by Gasteiger charge is 1.93. The molecule has 14 heavy (non-hydrogen) atoms. The maximum absolute atomic E-state index is 10.5. The Hall–Kier alpha value is -1.84. The smallest absolute Gasteiger partial charge is 0.241 e. The summed E-state index contributed by atoms with van der Waals surface area (Å²) in [6.07, 6.45) is 7.02. The van der Waals surface area contributed by atoms with E-state index in [0.717, 1.165) is 5.57 Å². The lowest BCUT2D eigenvalue weighted by Gasteiger charge is -1.96. The molecule has 76 valence electrons. The second-order valence-electron chi connectivity index (χ2n) is 2.67. The first kappa shape index (κ1) is 12.2. The molecule has 4 nitrogen and oxygen atoms in total. The molecule has 0 aliphatic carbocycles. The van der Waals surface area contributed by atoms with Crippen LogP contribution in [0.4, 0.5) is 0 Å². The van der Waals surface area contributed by atoms with Crippen LogP contribution >= 0.6 is 0 Å². The molecular formula is C10H14N2O2. The number of hydrogen-bond acceptors (Lipinski definition) is 2. The van der Waals surface area contributed by atoms with Gasteiger partial charge in [-0.2, -0.15) is 0 Å². The van der Waals surface area contributed by atoms with E-state index < -0.39 is 11.8 Å². The van der Waals surface area contributed by atoms with Gasteiger partial charge in [0.2, 0.25) is 11.8 Å². The quantitative estimate of drug-likeness (QED) is 0.474. The number of amides is 2. The minimum Gasteiger partial charge on any atom is -0.366 e. The number of carbonyl (C=O) groups is 2. The highest BCUT2D eigenvalue weighted by molar-refractivity contribution is 5.87. The fourth-order valence-corrected chi connectivity index (χ4v) is 0.865. The van der Waals surface area contributed by atoms with Crippen LogP contribution in [0.5, 0.6) is 0 Å². The highest BCUT2D eigenvalue weighted by atomic mass is 16.1. The Labute approximate surface area is 83.0 Å². The molecule has 0 bridgehead atoms. The van der Waals surface area contributed by atoms with Gasteiger partial charge in [-0.3, -0.25) is 9.59 Å². The van der Waals surface area contributed by atoms with Crippen molar-refractivity contribution in [3.63, 3.8) is 0 Å². The fraction of sp³-hybridized carbons (Fsp3) is 0.200. The third kappa shape index (κ3) is 6.84. The summed E-state index contributed by atoms with van der Waals surface area (Å²) in [7, 11) is 0. The molecule has 0 spiro atoms. The van der Waals surface area contributed by atoms with Crippen LogP contribution in [0.3, 0.4) is 0 Å². The van der Waals surface area contributed by atoms with Crippen LogP contribution in [0.1, 0.15) is 12.8 Å². The number of allylic oxidation sites excluding steroid dienone is 3. The molecule has 0 aliphatic rings. The summed E-state index contributed by atoms with van der Waals surface area (Å²) in [4.78, 5) is 20.8. The van der Waals surface area contributed by atoms with Crippen LogP contribution in [-0.2, 0) is 9.59 Å². The standard InChI is InChI=1S/C10H14N2O2/c1-2-8(7-10(12)14)5-3-4-6-9(11)13/h2,4,6-7H,1,3,5H2,(H2,11,13)(H2,12,14). The number of carbonyl (C=O) groups excluding carboxylic acids is 2. The van der Waals surface area contributed by atoms with Crippen molar-refractivity contribution >= 4 is 11.8 Å². The zero-order valence-corrected chi connectivity index (χ0v) is 7.90. The van der Waals surface area contributed by atoms with E-state index in [2.05, 4.69) is 6.58 Å². The molecule has 4 heteroatoms. The summed E-state index contributed by atoms with van der Waals surface area (Å²) in [5.41, 5.74) is 10.6. The van der Waals surface area contributed by atoms with E-state index in [-0.39, 0.29) is 0 Å². The van der Waals surface area contributed by atoms with Crippen molar-refractivity contribution in [3.05, 3.63) is 36.5 Å². The molecule has 0 aromatic carbocycles. The van der Waals surface area contributed by atoms with Gasteiger partial charge in [0, 0.05) is 6.08 Å². The molecule has 0 aromatic heterocycles. The summed E-state index contributed by atoms with van der Waals surface area (Å²) >= 11 is 0. The minimum absolute atomic E-state index is 0.482. The Balaban J connectivity index is 4.03. The zero-order valence-electron chi connectivity index (χ0n) is 7.90. The summed E-state index contributed by atoms with van der Waals surface area (Å²) in [6, 6.07) is 0. The van der Waals surface area contributed by atoms with Crippen molar-refractivity contribution in [2.45, 2.75) is 12.8 Å². The lowest BCUT2D eigenvalue weighted by molar-refractivity contribution is -0.114. The topological polar surface area (TPSA) is 86.2 Å². The van der Waals surface area contributed by atoms with E-state index in [4.69, 9.17) is 11.5 Å². The predicted octanol–water partition coefficient (Wildman–Crippen LogP) is 0.406. The van der Waals surface area contributed by atoms with Crippen LogP contribution in [0.25, 0.3) is 0 Å². The summed E-state index contributed by atoms with van der Waals surface area (Å²) in [6.45, 7) is 3.54. The third-order valence-electron chi connectivity index (χ3n) is 1.47. The Morgan fingerprint density at radius 2 is 1.86 bits per heavy atom. The number of hydrogen-bond donors (Lipinski definition) is 2. The van der Waals surface area contributed by atoms with Gasteiger partial charge in [0.05, 0.1) is 0 Å². The van der Waals surface area contributed by atoms with Crippen molar-refractivity contribution in [1.29, 1.82) is 0 Å². The minimum atomic E-state index is -0.501. The Morgan fingerprint density at radius 1 is 1.21 bits per heavy atom. The Kier molecular flexibility index (Phi) is 5.78. The van der Waals surface area contributed by atoms with Gasteiger partial charge in [-0.1, -0.05) is 18.7 Å². The molecule has 0 unspecified atom stereocenters. The van der Waals surface area contributed by atoms with Gasteiger partial charge in [-0.25, -0.2) is 0 Å². The van der Waals surface area contributed by atoms with E-state index >= 15 is 0 Å². The van der Waals surface area contributed by atoms with E-state index in [1.165, 1.54) is 12.2 Å². The first-order valence-electron chi connectivity index (χ1n) is 4.14. The van der Waals surface area contributed by atoms with E-state index in [1.807, 2.05) is 0 Å². The van der Waals surface area contributed by atoms with Crippen molar-refractivity contribution in [2.75, 3.05) is 0 Å². The van der Waals surface area contributed by atoms with Gasteiger partial charge < -0.3 is 11.5 Å². The maximum Gasteiger partial charge on any atom is 0.241 e. The van der Waals surface area contributed by atoms with Crippen molar-refractivity contribution in [2.24, 2.45) is 11.5 Å². The van der Waals surface area contributed by atoms with Gasteiger partial charge in [0.25, 0.3) is 0 Å². The van der Waals surface area contributed by atoms with Crippen LogP contribution in [-0.4, -0.2) is 11.8 Å². The molecule has 0 saturated heterocycles. The van der Waals surface area contributed by atoms with Gasteiger partial charge in [0.1, 0.15) is 0 Å². The van der Waals surface area contributed by atoms with Crippen LogP contribution in [0, 0.1) is 0 Å². The van der Waals surface area contributed by atoms with Crippen molar-refractivity contribution < 1.29 is 9.59 Å². The molecule has 0 atom stereocenters. The second kappa shape index (κ2) is 6.65. The third-order valence-corrected chi connectivity index (χ3v) is 1.47. The summed E-state index contributed by atoms with van der Waals surface area (Å²) in [5.74, 6) is -0.984. The zero-order chi connectivity index (χ0) is 11.0. The Morgan fingerprint density at radius 3 is 2.29 bits per heavy atom. The molecular weight excluding hydrogens is 180 g/mol. The van der Waals surface area contributed by atoms with E-state index in [9.17, 15) is 9.59 Å². The first-order chi connectivity index (χ1) is 6.56. The van der Waals surface area contributed by atoms with Gasteiger partial charge in [-0.15, -0.1) is 0 Å². The molecule has 4 N–H and O–H groups in total. The van der Waals surface area contributed by atoms with Crippen LogP contribution in [0.15, 0.2) is 36.5 Å².